The van der Waals surface area contributed by atoms with Gasteiger partial charge in [0.2, 0.25) is 5.91 Å². The first-order valence-electron chi connectivity index (χ1n) is 10.7. The number of rotatable bonds is 4. The highest BCUT2D eigenvalue weighted by Gasteiger charge is 2.48. The summed E-state index contributed by atoms with van der Waals surface area (Å²) in [4.78, 5) is 32.1. The Labute approximate surface area is 188 Å². The maximum absolute atomic E-state index is 13.7. The number of hydrogen-bond acceptors (Lipinski definition) is 3. The summed E-state index contributed by atoms with van der Waals surface area (Å²) < 4.78 is 52.4. The van der Waals surface area contributed by atoms with Crippen LogP contribution in [0.3, 0.4) is 0 Å². The maximum atomic E-state index is 13.7. The summed E-state index contributed by atoms with van der Waals surface area (Å²) in [5.74, 6) is -1.48. The van der Waals surface area contributed by atoms with Gasteiger partial charge in [-0.15, -0.1) is 0 Å². The van der Waals surface area contributed by atoms with Gasteiger partial charge in [0.25, 0.3) is 5.91 Å². The lowest BCUT2D eigenvalue weighted by Gasteiger charge is -2.38. The molecule has 0 bridgehead atoms. The van der Waals surface area contributed by atoms with E-state index in [9.17, 15) is 27.2 Å². The fraction of sp³-hybridized carbons (Fsp3) is 0.375. The molecule has 1 aliphatic heterocycles. The van der Waals surface area contributed by atoms with Gasteiger partial charge in [0.15, 0.2) is 0 Å². The summed E-state index contributed by atoms with van der Waals surface area (Å²) in [7, 11) is 0. The predicted octanol–water partition coefficient (Wildman–Crippen LogP) is 5.08. The molecule has 0 atom stereocenters. The van der Waals surface area contributed by atoms with Gasteiger partial charge in [0.1, 0.15) is 23.7 Å². The van der Waals surface area contributed by atoms with Crippen LogP contribution in [0.2, 0.25) is 0 Å². The number of carbonyl (C=O) groups excluding carboxylic acids is 2. The number of hydrogen-bond donors (Lipinski definition) is 1. The Morgan fingerprint density at radius 1 is 1.09 bits per heavy atom. The Morgan fingerprint density at radius 3 is 2.36 bits per heavy atom. The summed E-state index contributed by atoms with van der Waals surface area (Å²) >= 11 is 0. The van der Waals surface area contributed by atoms with Crippen molar-refractivity contribution in [3.63, 3.8) is 0 Å². The van der Waals surface area contributed by atoms with E-state index in [-0.39, 0.29) is 23.5 Å². The summed E-state index contributed by atoms with van der Waals surface area (Å²) in [6, 6.07) is 8.44. The van der Waals surface area contributed by atoms with Gasteiger partial charge in [-0.25, -0.2) is 4.39 Å². The largest absolute Gasteiger partial charge is 0.416 e. The Hall–Kier alpha value is -3.23. The average Bonchev–Trinajstić information content (AvgIpc) is 2.99. The van der Waals surface area contributed by atoms with Crippen LogP contribution in [-0.2, 0) is 15.8 Å². The van der Waals surface area contributed by atoms with Gasteiger partial charge in [0.05, 0.1) is 5.56 Å². The molecule has 1 spiro atoms. The number of nitrogens with one attached hydrogen (secondary N) is 1. The molecule has 1 N–H and O–H groups in total. The van der Waals surface area contributed by atoms with Crippen LogP contribution in [0.1, 0.15) is 48.8 Å². The van der Waals surface area contributed by atoms with E-state index in [2.05, 4.69) is 10.3 Å². The summed E-state index contributed by atoms with van der Waals surface area (Å²) in [6.45, 7) is 1.41. The zero-order valence-electron chi connectivity index (χ0n) is 18.0. The van der Waals surface area contributed by atoms with E-state index in [0.717, 1.165) is 31.4 Å². The van der Waals surface area contributed by atoms with Crippen molar-refractivity contribution in [3.05, 3.63) is 65.0 Å². The third-order valence-electron chi connectivity index (χ3n) is 6.04. The number of aliphatic imine (C=N–C) groups is 1. The lowest BCUT2D eigenvalue weighted by Crippen LogP contribution is -2.51. The Balaban J connectivity index is 1.59. The molecule has 0 saturated heterocycles. The van der Waals surface area contributed by atoms with Crippen molar-refractivity contribution < 1.29 is 27.2 Å². The van der Waals surface area contributed by atoms with Gasteiger partial charge in [0, 0.05) is 11.3 Å². The van der Waals surface area contributed by atoms with Crippen LogP contribution in [0.15, 0.2) is 47.5 Å². The summed E-state index contributed by atoms with van der Waals surface area (Å²) in [5, 5.41) is 2.62. The van der Waals surface area contributed by atoms with Crippen molar-refractivity contribution in [1.29, 1.82) is 0 Å². The number of halogens is 4. The fourth-order valence-corrected chi connectivity index (χ4v) is 4.51. The number of anilines is 1. The van der Waals surface area contributed by atoms with Crippen molar-refractivity contribution in [2.45, 2.75) is 50.9 Å². The molecule has 2 amide bonds. The molecule has 0 aromatic heterocycles. The molecule has 1 heterocycles. The van der Waals surface area contributed by atoms with Gasteiger partial charge >= 0.3 is 6.18 Å². The molecule has 174 valence electrons. The predicted molar refractivity (Wildman–Crippen MR) is 115 cm³/mol. The monoisotopic (exact) mass is 461 g/mol. The second-order valence-electron chi connectivity index (χ2n) is 8.54. The van der Waals surface area contributed by atoms with Crippen LogP contribution in [0.4, 0.5) is 23.2 Å². The van der Waals surface area contributed by atoms with Crippen LogP contribution in [0, 0.1) is 12.7 Å². The number of nitrogens with zero attached hydrogens (tertiary/aromatic N) is 2. The van der Waals surface area contributed by atoms with Crippen LogP contribution in [-0.4, -0.2) is 34.6 Å². The maximum Gasteiger partial charge on any atom is 0.416 e. The van der Waals surface area contributed by atoms with Crippen molar-refractivity contribution in [2.24, 2.45) is 4.99 Å². The van der Waals surface area contributed by atoms with E-state index in [0.29, 0.717) is 18.4 Å². The highest BCUT2D eigenvalue weighted by atomic mass is 19.4. The molecule has 2 aromatic rings. The summed E-state index contributed by atoms with van der Waals surface area (Å²) in [6.07, 6.45) is -0.741. The molecule has 1 saturated carbocycles. The highest BCUT2D eigenvalue weighted by molar-refractivity contribution is 6.47. The smallest absolute Gasteiger partial charge is 0.324 e. The fourth-order valence-electron chi connectivity index (χ4n) is 4.51. The minimum atomic E-state index is -4.48. The molecule has 1 fully saturated rings. The number of aryl methyl sites for hydroxylation is 1. The molecule has 4 rings (SSSR count). The quantitative estimate of drug-likeness (QED) is 0.646. The van der Waals surface area contributed by atoms with Crippen molar-refractivity contribution in [2.75, 3.05) is 11.9 Å². The van der Waals surface area contributed by atoms with Gasteiger partial charge < -0.3 is 10.2 Å². The number of benzene rings is 2. The van der Waals surface area contributed by atoms with Crippen molar-refractivity contribution >= 4 is 23.2 Å². The van der Waals surface area contributed by atoms with Crippen molar-refractivity contribution in [1.82, 2.24) is 4.90 Å². The first-order chi connectivity index (χ1) is 15.6. The van der Waals surface area contributed by atoms with Gasteiger partial charge in [-0.2, -0.15) is 13.2 Å². The summed E-state index contributed by atoms with van der Waals surface area (Å²) in [5.41, 5.74) is -0.458. The molecule has 0 radical (unpaired) electrons. The topological polar surface area (TPSA) is 61.8 Å². The van der Waals surface area contributed by atoms with E-state index in [4.69, 9.17) is 0 Å². The number of amides is 2. The Kier molecular flexibility index (Phi) is 5.99. The molecular weight excluding hydrogens is 438 g/mol. The lowest BCUT2D eigenvalue weighted by molar-refractivity contribution is -0.137. The minimum absolute atomic E-state index is 0.0556. The average molecular weight is 461 g/mol. The molecule has 2 aliphatic rings. The van der Waals surface area contributed by atoms with Gasteiger partial charge in [-0.1, -0.05) is 18.6 Å². The SMILES string of the molecule is Cc1cc(F)cc(NC(=O)CN2C(=O)C(c3ccc(C(F)(F)F)cc3)=NC23CCCCC3)c1. The van der Waals surface area contributed by atoms with E-state index in [1.165, 1.54) is 29.2 Å². The minimum Gasteiger partial charge on any atom is -0.324 e. The van der Waals surface area contributed by atoms with E-state index in [1.54, 1.807) is 13.0 Å². The third kappa shape index (κ3) is 4.77. The molecular formula is C24H23F4N3O2. The number of alkyl halides is 3. The van der Waals surface area contributed by atoms with E-state index >= 15 is 0 Å². The first kappa shape index (κ1) is 22.9. The molecule has 1 aliphatic carbocycles. The molecule has 33 heavy (non-hydrogen) atoms. The van der Waals surface area contributed by atoms with Crippen LogP contribution in [0.25, 0.3) is 0 Å². The number of carbonyl (C=O) groups is 2. The van der Waals surface area contributed by atoms with Crippen LogP contribution >= 0.6 is 0 Å². The first-order valence-corrected chi connectivity index (χ1v) is 10.7. The zero-order valence-corrected chi connectivity index (χ0v) is 18.0. The molecule has 9 heteroatoms. The Bertz CT molecular complexity index is 1080. The second kappa shape index (κ2) is 8.61. The normalized spacial score (nSPS) is 17.9. The zero-order chi connectivity index (χ0) is 23.8. The standard InChI is InChI=1S/C24H23F4N3O2/c1-15-11-18(25)13-19(12-15)29-20(32)14-31-22(33)21(30-23(31)9-3-2-4-10-23)16-5-7-17(8-6-16)24(26,27)28/h5-8,11-13H,2-4,9-10,14H2,1H3,(H,29,32). The van der Waals surface area contributed by atoms with Crippen LogP contribution in [0.5, 0.6) is 0 Å². The molecule has 5 nitrogen and oxygen atoms in total. The molecule has 0 unspecified atom stereocenters. The van der Waals surface area contributed by atoms with E-state index < -0.39 is 35.0 Å². The second-order valence-corrected chi connectivity index (χ2v) is 8.54. The van der Waals surface area contributed by atoms with Gasteiger partial charge in [-0.05, 0) is 68.5 Å². The highest BCUT2D eigenvalue weighted by Crippen LogP contribution is 2.40. The van der Waals surface area contributed by atoms with Crippen molar-refractivity contribution in [3.8, 4) is 0 Å². The lowest BCUT2D eigenvalue weighted by atomic mass is 9.88. The van der Waals surface area contributed by atoms with E-state index in [1.807, 2.05) is 0 Å². The van der Waals surface area contributed by atoms with Crippen LogP contribution < -0.4 is 5.32 Å². The Morgan fingerprint density at radius 2 is 1.76 bits per heavy atom. The van der Waals surface area contributed by atoms with Gasteiger partial charge in [-0.3, -0.25) is 14.6 Å². The third-order valence-corrected chi connectivity index (χ3v) is 6.04. The molecule has 2 aromatic carbocycles.